The van der Waals surface area contributed by atoms with E-state index in [1.807, 2.05) is 6.07 Å². The van der Waals surface area contributed by atoms with Gasteiger partial charge in [0.25, 0.3) is 5.91 Å². The van der Waals surface area contributed by atoms with E-state index in [0.29, 0.717) is 5.69 Å². The molecule has 0 radical (unpaired) electrons. The van der Waals surface area contributed by atoms with Gasteiger partial charge in [0.05, 0.1) is 0 Å². The summed E-state index contributed by atoms with van der Waals surface area (Å²) in [6, 6.07) is 7.15. The summed E-state index contributed by atoms with van der Waals surface area (Å²) in [6.45, 7) is 3.09. The molecule has 0 spiro atoms. The van der Waals surface area contributed by atoms with Gasteiger partial charge in [0.2, 0.25) is 0 Å². The van der Waals surface area contributed by atoms with Crippen molar-refractivity contribution in [2.24, 2.45) is 0 Å². The number of carbonyl (C=O) groups is 2. The molecule has 1 aromatic carbocycles. The lowest BCUT2D eigenvalue weighted by atomic mass is 10.2. The van der Waals surface area contributed by atoms with Gasteiger partial charge in [-0.3, -0.25) is 4.79 Å². The summed E-state index contributed by atoms with van der Waals surface area (Å²) in [5, 5.41) is 0. The molecule has 1 aromatic rings. The third-order valence-electron chi connectivity index (χ3n) is 3.13. The van der Waals surface area contributed by atoms with Crippen LogP contribution in [0.2, 0.25) is 0 Å². The molecule has 1 heterocycles. The Kier molecular flexibility index (Phi) is 4.40. The molecule has 5 heteroatoms. The minimum Gasteiger partial charge on any atom is -0.449 e. The quantitative estimate of drug-likeness (QED) is 0.512. The Bertz CT molecular complexity index is 536. The molecule has 1 amide bonds. The van der Waals surface area contributed by atoms with Crippen molar-refractivity contribution in [3.63, 3.8) is 0 Å². The number of anilines is 1. The molecule has 1 atom stereocenters. The first-order valence-electron chi connectivity index (χ1n) is 6.59. The van der Waals surface area contributed by atoms with Crippen molar-refractivity contribution < 1.29 is 14.3 Å². The zero-order valence-electron chi connectivity index (χ0n) is 11.4. The van der Waals surface area contributed by atoms with Gasteiger partial charge in [-0.15, -0.1) is 0 Å². The largest absolute Gasteiger partial charge is 0.449 e. The van der Waals surface area contributed by atoms with Gasteiger partial charge in [0, 0.05) is 24.9 Å². The van der Waals surface area contributed by atoms with Gasteiger partial charge in [-0.25, -0.2) is 4.79 Å². The predicted molar refractivity (Wildman–Crippen MR) is 76.6 cm³/mol. The van der Waals surface area contributed by atoms with Crippen LogP contribution < -0.4 is 5.73 Å². The van der Waals surface area contributed by atoms with E-state index in [1.165, 1.54) is 6.08 Å². The molecule has 2 N–H and O–H groups in total. The van der Waals surface area contributed by atoms with Crippen molar-refractivity contribution in [1.82, 2.24) is 4.90 Å². The Labute approximate surface area is 118 Å². The summed E-state index contributed by atoms with van der Waals surface area (Å²) < 4.78 is 5.07. The second-order valence-electron chi connectivity index (χ2n) is 4.76. The predicted octanol–water partition coefficient (Wildman–Crippen LogP) is 1.45. The number of hydrogen-bond acceptors (Lipinski definition) is 4. The van der Waals surface area contributed by atoms with Crippen molar-refractivity contribution >= 4 is 23.6 Å². The van der Waals surface area contributed by atoms with Crippen LogP contribution in [0.5, 0.6) is 0 Å². The van der Waals surface area contributed by atoms with Crippen LogP contribution in [0.4, 0.5) is 5.69 Å². The zero-order chi connectivity index (χ0) is 14.5. The van der Waals surface area contributed by atoms with Crippen molar-refractivity contribution in [1.29, 1.82) is 0 Å². The zero-order valence-corrected chi connectivity index (χ0v) is 11.4. The minimum absolute atomic E-state index is 0.137. The molecule has 20 heavy (non-hydrogen) atoms. The maximum atomic E-state index is 11.8. The summed E-state index contributed by atoms with van der Waals surface area (Å²) >= 11 is 0. The Morgan fingerprint density at radius 3 is 2.75 bits per heavy atom. The van der Waals surface area contributed by atoms with E-state index >= 15 is 0 Å². The van der Waals surface area contributed by atoms with Crippen LogP contribution in [0, 0.1) is 0 Å². The Hall–Kier alpha value is -2.30. The lowest BCUT2D eigenvalue weighted by Gasteiger charge is -2.32. The maximum Gasteiger partial charge on any atom is 0.331 e. The number of nitrogens with zero attached hydrogens (tertiary/aromatic N) is 1. The van der Waals surface area contributed by atoms with E-state index in [2.05, 4.69) is 0 Å². The summed E-state index contributed by atoms with van der Waals surface area (Å²) in [6.07, 6.45) is 3.18. The highest BCUT2D eigenvalue weighted by Crippen LogP contribution is 2.11. The van der Waals surface area contributed by atoms with Crippen LogP contribution in [0.15, 0.2) is 30.3 Å². The van der Waals surface area contributed by atoms with E-state index < -0.39 is 12.1 Å². The second-order valence-corrected chi connectivity index (χ2v) is 4.76. The Balaban J connectivity index is 1.86. The molecule has 1 unspecified atom stereocenters. The smallest absolute Gasteiger partial charge is 0.331 e. The number of likely N-dealkylation sites (tertiary alicyclic amines) is 1. The highest BCUT2D eigenvalue weighted by Gasteiger charge is 2.26. The average molecular weight is 274 g/mol. The fourth-order valence-electron chi connectivity index (χ4n) is 1.88. The highest BCUT2D eigenvalue weighted by molar-refractivity contribution is 5.90. The average Bonchev–Trinajstić information content (AvgIpc) is 2.34. The standard InChI is InChI=1S/C15H18N2O3/c1-11(15(19)17-8-3-9-17)20-14(18)7-6-12-4-2-5-13(16)10-12/h2,4-7,10-11H,3,8-9,16H2,1H3/b7-6+. The Morgan fingerprint density at radius 2 is 2.15 bits per heavy atom. The molecule has 0 aliphatic carbocycles. The molecule has 1 aliphatic heterocycles. The first-order chi connectivity index (χ1) is 9.56. The van der Waals surface area contributed by atoms with E-state index in [0.717, 1.165) is 25.1 Å². The molecule has 0 bridgehead atoms. The van der Waals surface area contributed by atoms with Crippen LogP contribution in [0.1, 0.15) is 18.9 Å². The normalized spacial score (nSPS) is 15.8. The van der Waals surface area contributed by atoms with Gasteiger partial charge in [-0.05, 0) is 37.1 Å². The maximum absolute atomic E-state index is 11.8. The lowest BCUT2D eigenvalue weighted by Crippen LogP contribution is -2.47. The molecular weight excluding hydrogens is 256 g/mol. The fraction of sp³-hybridized carbons (Fsp3) is 0.333. The van der Waals surface area contributed by atoms with Crippen LogP contribution in [0.25, 0.3) is 6.08 Å². The van der Waals surface area contributed by atoms with Gasteiger partial charge in [0.15, 0.2) is 6.10 Å². The van der Waals surface area contributed by atoms with E-state index in [4.69, 9.17) is 10.5 Å². The van der Waals surface area contributed by atoms with Gasteiger partial charge in [-0.1, -0.05) is 12.1 Å². The molecule has 106 valence electrons. The second kappa shape index (κ2) is 6.23. The molecule has 0 aromatic heterocycles. The number of carbonyl (C=O) groups excluding carboxylic acids is 2. The molecule has 1 aliphatic rings. The molecule has 2 rings (SSSR count). The van der Waals surface area contributed by atoms with Crippen LogP contribution in [0.3, 0.4) is 0 Å². The number of esters is 1. The topological polar surface area (TPSA) is 72.6 Å². The monoisotopic (exact) mass is 274 g/mol. The van der Waals surface area contributed by atoms with Gasteiger partial charge >= 0.3 is 5.97 Å². The number of benzene rings is 1. The van der Waals surface area contributed by atoms with Gasteiger partial charge in [-0.2, -0.15) is 0 Å². The number of ether oxygens (including phenoxy) is 1. The number of nitrogens with two attached hydrogens (primary N) is 1. The van der Waals surface area contributed by atoms with Crippen molar-refractivity contribution in [3.8, 4) is 0 Å². The summed E-state index contributed by atoms with van der Waals surface area (Å²) in [7, 11) is 0. The van der Waals surface area contributed by atoms with Crippen molar-refractivity contribution in [2.45, 2.75) is 19.4 Å². The third-order valence-corrected chi connectivity index (χ3v) is 3.13. The van der Waals surface area contributed by atoms with Crippen molar-refractivity contribution in [2.75, 3.05) is 18.8 Å². The number of rotatable bonds is 4. The lowest BCUT2D eigenvalue weighted by molar-refractivity contribution is -0.157. The summed E-state index contributed by atoms with van der Waals surface area (Å²) in [4.78, 5) is 25.1. The van der Waals surface area contributed by atoms with E-state index in [1.54, 1.807) is 36.1 Å². The Morgan fingerprint density at radius 1 is 1.40 bits per heavy atom. The van der Waals surface area contributed by atoms with Crippen LogP contribution >= 0.6 is 0 Å². The van der Waals surface area contributed by atoms with Crippen LogP contribution in [-0.2, 0) is 14.3 Å². The highest BCUT2D eigenvalue weighted by atomic mass is 16.5. The molecule has 5 nitrogen and oxygen atoms in total. The molecular formula is C15H18N2O3. The van der Waals surface area contributed by atoms with Gasteiger partial charge in [0.1, 0.15) is 0 Å². The van der Waals surface area contributed by atoms with Crippen molar-refractivity contribution in [3.05, 3.63) is 35.9 Å². The SMILES string of the molecule is CC(OC(=O)/C=C/c1cccc(N)c1)C(=O)N1CCC1. The third kappa shape index (κ3) is 3.60. The first-order valence-corrected chi connectivity index (χ1v) is 6.59. The number of amides is 1. The summed E-state index contributed by atoms with van der Waals surface area (Å²) in [5.41, 5.74) is 7.08. The number of nitrogen functional groups attached to an aromatic ring is 1. The number of hydrogen-bond donors (Lipinski definition) is 1. The molecule has 1 saturated heterocycles. The van der Waals surface area contributed by atoms with E-state index in [-0.39, 0.29) is 5.91 Å². The molecule has 1 fully saturated rings. The first kappa shape index (κ1) is 14.1. The van der Waals surface area contributed by atoms with Gasteiger partial charge < -0.3 is 15.4 Å². The van der Waals surface area contributed by atoms with Crippen LogP contribution in [-0.4, -0.2) is 36.0 Å². The molecule has 0 saturated carbocycles. The summed E-state index contributed by atoms with van der Waals surface area (Å²) in [5.74, 6) is -0.671. The fourth-order valence-corrected chi connectivity index (χ4v) is 1.88. The van der Waals surface area contributed by atoms with E-state index in [9.17, 15) is 9.59 Å². The minimum atomic E-state index is -0.742.